The number of nitrogens with zero attached hydrogens (tertiary/aromatic N) is 2. The minimum atomic E-state index is -0.515. The highest BCUT2D eigenvalue weighted by molar-refractivity contribution is 8.15. The van der Waals surface area contributed by atoms with E-state index in [0.29, 0.717) is 29.0 Å². The van der Waals surface area contributed by atoms with Crippen molar-refractivity contribution in [1.29, 1.82) is 0 Å². The Labute approximate surface area is 179 Å². The topological polar surface area (TPSA) is 71.0 Å². The Kier molecular flexibility index (Phi) is 7.17. The number of para-hydroxylation sites is 1. The van der Waals surface area contributed by atoms with Crippen molar-refractivity contribution in [3.63, 3.8) is 0 Å². The molecule has 1 aliphatic rings. The standard InChI is InChI=1S/C21H22ClN3O3S/c1-3-25-20(27)18(13-19(26)24-17-8-6-5-7-16(17)22)29-21(25)23-14-9-11-15(12-10-14)28-4-2/h5-12,18H,3-4,13H2,1-2H3,(H,24,26)/t18-/m1/s1. The fourth-order valence-electron chi connectivity index (χ4n) is 2.84. The molecule has 1 N–H and O–H groups in total. The summed E-state index contributed by atoms with van der Waals surface area (Å²) >= 11 is 7.39. The molecular formula is C21H22ClN3O3S. The number of hydrogen-bond donors (Lipinski definition) is 1. The number of carbonyl (C=O) groups is 2. The van der Waals surface area contributed by atoms with Crippen molar-refractivity contribution in [1.82, 2.24) is 4.90 Å². The highest BCUT2D eigenvalue weighted by Crippen LogP contribution is 2.32. The first-order valence-electron chi connectivity index (χ1n) is 9.35. The van der Waals surface area contributed by atoms with Crippen LogP contribution in [0.2, 0.25) is 5.02 Å². The first kappa shape index (κ1) is 21.2. The van der Waals surface area contributed by atoms with Gasteiger partial charge in [0.1, 0.15) is 11.0 Å². The maximum atomic E-state index is 12.7. The van der Waals surface area contributed by atoms with Gasteiger partial charge < -0.3 is 10.1 Å². The number of halogens is 1. The van der Waals surface area contributed by atoms with Crippen LogP contribution >= 0.6 is 23.4 Å². The zero-order chi connectivity index (χ0) is 20.8. The number of nitrogens with one attached hydrogen (secondary N) is 1. The first-order valence-corrected chi connectivity index (χ1v) is 10.6. The molecule has 1 heterocycles. The number of amides is 2. The molecule has 2 aromatic rings. The predicted molar refractivity (Wildman–Crippen MR) is 118 cm³/mol. The maximum absolute atomic E-state index is 12.7. The second-order valence-corrected chi connectivity index (χ2v) is 7.82. The lowest BCUT2D eigenvalue weighted by atomic mass is 10.2. The molecule has 0 unspecified atom stereocenters. The normalized spacial score (nSPS) is 17.6. The van der Waals surface area contributed by atoms with Gasteiger partial charge in [-0.2, -0.15) is 0 Å². The van der Waals surface area contributed by atoms with E-state index in [0.717, 1.165) is 11.4 Å². The highest BCUT2D eigenvalue weighted by atomic mass is 35.5. The van der Waals surface area contributed by atoms with Crippen LogP contribution in [0.15, 0.2) is 53.5 Å². The molecule has 1 atom stereocenters. The fourth-order valence-corrected chi connectivity index (χ4v) is 4.25. The van der Waals surface area contributed by atoms with E-state index in [1.165, 1.54) is 11.8 Å². The van der Waals surface area contributed by atoms with Crippen molar-refractivity contribution < 1.29 is 14.3 Å². The van der Waals surface area contributed by atoms with E-state index in [9.17, 15) is 9.59 Å². The Morgan fingerprint density at radius 1 is 1.21 bits per heavy atom. The smallest absolute Gasteiger partial charge is 0.242 e. The average Bonchev–Trinajstić information content (AvgIpc) is 2.99. The average molecular weight is 432 g/mol. The Bertz CT molecular complexity index is 918. The number of hydrogen-bond acceptors (Lipinski definition) is 5. The molecule has 6 nitrogen and oxygen atoms in total. The lowest BCUT2D eigenvalue weighted by molar-refractivity contribution is -0.128. The van der Waals surface area contributed by atoms with Gasteiger partial charge in [-0.3, -0.25) is 14.5 Å². The van der Waals surface area contributed by atoms with E-state index < -0.39 is 5.25 Å². The zero-order valence-corrected chi connectivity index (χ0v) is 17.8. The Hall–Kier alpha value is -2.51. The third-order valence-electron chi connectivity index (χ3n) is 4.23. The summed E-state index contributed by atoms with van der Waals surface area (Å²) in [5.41, 5.74) is 1.26. The third-order valence-corrected chi connectivity index (χ3v) is 5.73. The summed E-state index contributed by atoms with van der Waals surface area (Å²) in [6, 6.07) is 14.4. The van der Waals surface area contributed by atoms with Gasteiger partial charge in [0.15, 0.2) is 5.17 Å². The van der Waals surface area contributed by atoms with Crippen LogP contribution in [-0.2, 0) is 9.59 Å². The number of thioether (sulfide) groups is 1. The summed E-state index contributed by atoms with van der Waals surface area (Å²) in [4.78, 5) is 31.3. The Morgan fingerprint density at radius 2 is 1.93 bits per heavy atom. The Morgan fingerprint density at radius 3 is 2.59 bits per heavy atom. The van der Waals surface area contributed by atoms with Crippen LogP contribution in [-0.4, -0.2) is 40.3 Å². The van der Waals surface area contributed by atoms with E-state index in [4.69, 9.17) is 16.3 Å². The van der Waals surface area contributed by atoms with Crippen LogP contribution in [0.4, 0.5) is 11.4 Å². The molecule has 8 heteroatoms. The molecule has 3 rings (SSSR count). The van der Waals surface area contributed by atoms with Crippen LogP contribution in [0, 0.1) is 0 Å². The molecule has 1 aliphatic heterocycles. The number of benzene rings is 2. The molecule has 0 aliphatic carbocycles. The highest BCUT2D eigenvalue weighted by Gasteiger charge is 2.38. The van der Waals surface area contributed by atoms with E-state index in [-0.39, 0.29) is 18.2 Å². The van der Waals surface area contributed by atoms with Crippen LogP contribution in [0.25, 0.3) is 0 Å². The van der Waals surface area contributed by atoms with Gasteiger partial charge in [0.2, 0.25) is 11.8 Å². The minimum absolute atomic E-state index is 0.0491. The van der Waals surface area contributed by atoms with Crippen molar-refractivity contribution in [3.8, 4) is 5.75 Å². The molecule has 1 fully saturated rings. The van der Waals surface area contributed by atoms with Gasteiger partial charge in [-0.25, -0.2) is 4.99 Å². The number of rotatable bonds is 7. The van der Waals surface area contributed by atoms with E-state index >= 15 is 0 Å². The van der Waals surface area contributed by atoms with Gasteiger partial charge in [-0.05, 0) is 50.2 Å². The number of carbonyl (C=O) groups excluding carboxylic acids is 2. The van der Waals surface area contributed by atoms with Crippen LogP contribution < -0.4 is 10.1 Å². The summed E-state index contributed by atoms with van der Waals surface area (Å²) in [7, 11) is 0. The van der Waals surface area contributed by atoms with Crippen LogP contribution in [0.3, 0.4) is 0 Å². The number of amidine groups is 1. The van der Waals surface area contributed by atoms with Gasteiger partial charge in [0, 0.05) is 13.0 Å². The predicted octanol–water partition coefficient (Wildman–Crippen LogP) is 4.72. The summed E-state index contributed by atoms with van der Waals surface area (Å²) in [6.45, 7) is 4.90. The van der Waals surface area contributed by atoms with E-state index in [1.54, 1.807) is 29.2 Å². The van der Waals surface area contributed by atoms with E-state index in [2.05, 4.69) is 10.3 Å². The van der Waals surface area contributed by atoms with Crippen molar-refractivity contribution >= 4 is 51.7 Å². The lowest BCUT2D eigenvalue weighted by Gasteiger charge is -2.13. The second-order valence-electron chi connectivity index (χ2n) is 6.24. The first-order chi connectivity index (χ1) is 14.0. The molecular weight excluding hydrogens is 410 g/mol. The largest absolute Gasteiger partial charge is 0.494 e. The monoisotopic (exact) mass is 431 g/mol. The van der Waals surface area contributed by atoms with Gasteiger partial charge in [0.25, 0.3) is 0 Å². The number of aliphatic imine (C=N–C) groups is 1. The number of anilines is 1. The van der Waals surface area contributed by atoms with Crippen molar-refractivity contribution in [2.75, 3.05) is 18.5 Å². The second kappa shape index (κ2) is 9.80. The zero-order valence-electron chi connectivity index (χ0n) is 16.2. The molecule has 29 heavy (non-hydrogen) atoms. The number of ether oxygens (including phenoxy) is 1. The van der Waals surface area contributed by atoms with Crippen LogP contribution in [0.5, 0.6) is 5.75 Å². The molecule has 1 saturated heterocycles. The maximum Gasteiger partial charge on any atom is 0.242 e. The minimum Gasteiger partial charge on any atom is -0.494 e. The van der Waals surface area contributed by atoms with Gasteiger partial charge in [-0.15, -0.1) is 0 Å². The van der Waals surface area contributed by atoms with Crippen molar-refractivity contribution in [2.24, 2.45) is 4.99 Å². The summed E-state index contributed by atoms with van der Waals surface area (Å²) in [6.07, 6.45) is 0.0491. The SMILES string of the molecule is CCOc1ccc(N=C2S[C@H](CC(=O)Nc3ccccc3Cl)C(=O)N2CC)cc1. The van der Waals surface area contributed by atoms with Gasteiger partial charge in [-0.1, -0.05) is 35.5 Å². The third kappa shape index (κ3) is 5.31. The molecule has 2 aromatic carbocycles. The summed E-state index contributed by atoms with van der Waals surface area (Å²) in [5, 5.41) is 3.30. The molecule has 152 valence electrons. The van der Waals surface area contributed by atoms with Crippen LogP contribution in [0.1, 0.15) is 20.3 Å². The summed E-state index contributed by atoms with van der Waals surface area (Å²) < 4.78 is 5.44. The molecule has 2 amide bonds. The lowest BCUT2D eigenvalue weighted by Crippen LogP contribution is -2.33. The molecule has 0 bridgehead atoms. The molecule has 0 saturated carbocycles. The van der Waals surface area contributed by atoms with E-state index in [1.807, 2.05) is 38.1 Å². The molecule has 0 aromatic heterocycles. The van der Waals surface area contributed by atoms with Crippen molar-refractivity contribution in [3.05, 3.63) is 53.6 Å². The fraction of sp³-hybridized carbons (Fsp3) is 0.286. The van der Waals surface area contributed by atoms with Crippen molar-refractivity contribution in [2.45, 2.75) is 25.5 Å². The quantitative estimate of drug-likeness (QED) is 0.688. The molecule has 0 spiro atoms. The van der Waals surface area contributed by atoms with Gasteiger partial charge in [0.05, 0.1) is 23.0 Å². The Balaban J connectivity index is 1.69. The van der Waals surface area contributed by atoms with Gasteiger partial charge >= 0.3 is 0 Å². The summed E-state index contributed by atoms with van der Waals surface area (Å²) in [5.74, 6) is 0.395. The molecule has 0 radical (unpaired) electrons.